The Labute approximate surface area is 190 Å². The number of rotatable bonds is 10. The standard InChI is InChI=1S/C21H29N3O9/c1-13(23-20(30)32-11-14-8-6-5-7-9-14)17(26)24-15(18(27)28)12-31-16(25)10-22-19(29)33-21(2,3)4/h5-9,13,15H,10-12H2,1-4H3,(H,22,29)(H,23,30)(H,24,26)(H,27,28)/t13-,15-/m0/s1. The molecule has 0 unspecified atom stereocenters. The zero-order chi connectivity index (χ0) is 25.0. The van der Waals surface area contributed by atoms with Gasteiger partial charge in [-0.05, 0) is 33.3 Å². The van der Waals surface area contributed by atoms with Gasteiger partial charge in [0.05, 0.1) is 0 Å². The molecule has 0 spiro atoms. The molecule has 1 aromatic carbocycles. The molecule has 0 saturated carbocycles. The van der Waals surface area contributed by atoms with Crippen molar-refractivity contribution < 1.29 is 43.3 Å². The number of carbonyl (C=O) groups excluding carboxylic acids is 4. The van der Waals surface area contributed by atoms with E-state index in [1.165, 1.54) is 6.92 Å². The predicted octanol–water partition coefficient (Wildman–Crippen LogP) is 0.939. The van der Waals surface area contributed by atoms with Crippen LogP contribution in [0.2, 0.25) is 0 Å². The topological polar surface area (TPSA) is 169 Å². The summed E-state index contributed by atoms with van der Waals surface area (Å²) < 4.78 is 14.7. The highest BCUT2D eigenvalue weighted by atomic mass is 16.6. The molecule has 4 N–H and O–H groups in total. The number of aliphatic carboxylic acids is 1. The molecule has 0 aromatic heterocycles. The Balaban J connectivity index is 2.42. The summed E-state index contributed by atoms with van der Waals surface area (Å²) in [5, 5.41) is 15.8. The lowest BCUT2D eigenvalue weighted by Gasteiger charge is -2.20. The van der Waals surface area contributed by atoms with Crippen LogP contribution in [0.3, 0.4) is 0 Å². The number of nitrogens with one attached hydrogen (secondary N) is 3. The van der Waals surface area contributed by atoms with Gasteiger partial charge in [-0.15, -0.1) is 0 Å². The maximum absolute atomic E-state index is 12.2. The number of carboxylic acid groups (broad SMARTS) is 1. The first-order valence-electron chi connectivity index (χ1n) is 10.00. The number of hydrogen-bond donors (Lipinski definition) is 4. The van der Waals surface area contributed by atoms with E-state index in [0.717, 1.165) is 5.56 Å². The maximum Gasteiger partial charge on any atom is 0.408 e. The van der Waals surface area contributed by atoms with E-state index in [2.05, 4.69) is 16.0 Å². The van der Waals surface area contributed by atoms with Gasteiger partial charge >= 0.3 is 24.1 Å². The lowest BCUT2D eigenvalue weighted by molar-refractivity contribution is -0.149. The molecule has 182 valence electrons. The molecule has 0 fully saturated rings. The van der Waals surface area contributed by atoms with Gasteiger partial charge in [0.2, 0.25) is 5.91 Å². The van der Waals surface area contributed by atoms with Crippen molar-refractivity contribution in [3.8, 4) is 0 Å². The van der Waals surface area contributed by atoms with Gasteiger partial charge in [-0.1, -0.05) is 30.3 Å². The van der Waals surface area contributed by atoms with Crippen molar-refractivity contribution in [1.82, 2.24) is 16.0 Å². The van der Waals surface area contributed by atoms with Gasteiger partial charge in [-0.25, -0.2) is 14.4 Å². The van der Waals surface area contributed by atoms with Crippen LogP contribution >= 0.6 is 0 Å². The van der Waals surface area contributed by atoms with E-state index in [4.69, 9.17) is 14.2 Å². The Hall–Kier alpha value is -3.83. The second kappa shape index (κ2) is 12.9. The van der Waals surface area contributed by atoms with Gasteiger partial charge in [0.25, 0.3) is 0 Å². The molecule has 0 aliphatic heterocycles. The van der Waals surface area contributed by atoms with Crippen molar-refractivity contribution in [2.24, 2.45) is 0 Å². The van der Waals surface area contributed by atoms with Crippen LogP contribution in [0.1, 0.15) is 33.3 Å². The highest BCUT2D eigenvalue weighted by Crippen LogP contribution is 2.06. The van der Waals surface area contributed by atoms with Crippen LogP contribution in [-0.4, -0.2) is 66.0 Å². The molecule has 0 heterocycles. The van der Waals surface area contributed by atoms with Gasteiger partial charge in [0, 0.05) is 0 Å². The number of hydrogen-bond acceptors (Lipinski definition) is 8. The molecule has 0 radical (unpaired) electrons. The summed E-state index contributed by atoms with van der Waals surface area (Å²) in [4.78, 5) is 58.6. The summed E-state index contributed by atoms with van der Waals surface area (Å²) in [6.07, 6.45) is -1.71. The highest BCUT2D eigenvalue weighted by molar-refractivity contribution is 5.89. The van der Waals surface area contributed by atoms with Crippen molar-refractivity contribution in [3.63, 3.8) is 0 Å². The third-order valence-corrected chi connectivity index (χ3v) is 3.74. The summed E-state index contributed by atoms with van der Waals surface area (Å²) in [5.41, 5.74) is -0.00979. The number of alkyl carbamates (subject to hydrolysis) is 2. The van der Waals surface area contributed by atoms with Gasteiger partial charge in [-0.3, -0.25) is 9.59 Å². The molecule has 1 aromatic rings. The monoisotopic (exact) mass is 467 g/mol. The van der Waals surface area contributed by atoms with E-state index < -0.39 is 60.9 Å². The Morgan fingerprint density at radius 2 is 1.61 bits per heavy atom. The molecule has 3 amide bonds. The van der Waals surface area contributed by atoms with Crippen LogP contribution in [0.15, 0.2) is 30.3 Å². The molecular weight excluding hydrogens is 438 g/mol. The first-order chi connectivity index (χ1) is 15.4. The zero-order valence-corrected chi connectivity index (χ0v) is 18.9. The molecule has 33 heavy (non-hydrogen) atoms. The number of esters is 1. The Bertz CT molecular complexity index is 837. The lowest BCUT2D eigenvalue weighted by atomic mass is 10.2. The van der Waals surface area contributed by atoms with Crippen LogP contribution in [0.4, 0.5) is 9.59 Å². The zero-order valence-electron chi connectivity index (χ0n) is 18.9. The van der Waals surface area contributed by atoms with Crippen molar-refractivity contribution >= 4 is 30.0 Å². The first kappa shape index (κ1) is 27.2. The molecule has 1 rings (SSSR count). The molecule has 12 heteroatoms. The van der Waals surface area contributed by atoms with E-state index in [0.29, 0.717) is 0 Å². The number of carboxylic acids is 1. The fraction of sp³-hybridized carbons (Fsp3) is 0.476. The van der Waals surface area contributed by atoms with Crippen molar-refractivity contribution in [2.45, 2.75) is 52.0 Å². The Kier molecular flexibility index (Phi) is 10.6. The largest absolute Gasteiger partial charge is 0.480 e. The normalized spacial score (nSPS) is 12.5. The Morgan fingerprint density at radius 3 is 2.18 bits per heavy atom. The van der Waals surface area contributed by atoms with Crippen LogP contribution in [0.25, 0.3) is 0 Å². The quantitative estimate of drug-likeness (QED) is 0.289. The maximum atomic E-state index is 12.2. The van der Waals surface area contributed by atoms with E-state index in [9.17, 15) is 29.1 Å². The summed E-state index contributed by atoms with van der Waals surface area (Å²) >= 11 is 0. The summed E-state index contributed by atoms with van der Waals surface area (Å²) in [5.74, 6) is -3.23. The first-order valence-corrected chi connectivity index (χ1v) is 10.00. The van der Waals surface area contributed by atoms with E-state index in [1.54, 1.807) is 45.0 Å². The highest BCUT2D eigenvalue weighted by Gasteiger charge is 2.26. The number of ether oxygens (including phenoxy) is 3. The smallest absolute Gasteiger partial charge is 0.408 e. The van der Waals surface area contributed by atoms with E-state index in [1.807, 2.05) is 6.07 Å². The average Bonchev–Trinajstić information content (AvgIpc) is 2.72. The molecule has 0 bridgehead atoms. The lowest BCUT2D eigenvalue weighted by Crippen LogP contribution is -2.52. The van der Waals surface area contributed by atoms with Crippen LogP contribution < -0.4 is 16.0 Å². The molecule has 0 aliphatic rings. The van der Waals surface area contributed by atoms with Crippen LogP contribution in [0.5, 0.6) is 0 Å². The molecule has 0 saturated heterocycles. The molecule has 0 aliphatic carbocycles. The molecular formula is C21H29N3O9. The predicted molar refractivity (Wildman–Crippen MR) is 114 cm³/mol. The minimum Gasteiger partial charge on any atom is -0.480 e. The minimum absolute atomic E-state index is 0.00789. The van der Waals surface area contributed by atoms with Gasteiger partial charge < -0.3 is 35.3 Å². The van der Waals surface area contributed by atoms with Crippen LogP contribution in [0, 0.1) is 0 Å². The second-order valence-corrected chi connectivity index (χ2v) is 7.87. The third kappa shape index (κ3) is 12.0. The number of benzene rings is 1. The van der Waals surface area contributed by atoms with E-state index in [-0.39, 0.29) is 6.61 Å². The van der Waals surface area contributed by atoms with Gasteiger partial charge in [0.15, 0.2) is 6.04 Å². The molecule has 2 atom stereocenters. The number of carbonyl (C=O) groups is 5. The number of amides is 3. The minimum atomic E-state index is -1.58. The third-order valence-electron chi connectivity index (χ3n) is 3.74. The Morgan fingerprint density at radius 1 is 0.970 bits per heavy atom. The molecule has 12 nitrogen and oxygen atoms in total. The summed E-state index contributed by atoms with van der Waals surface area (Å²) in [7, 11) is 0. The summed E-state index contributed by atoms with van der Waals surface area (Å²) in [6.45, 7) is 5.00. The van der Waals surface area contributed by atoms with E-state index >= 15 is 0 Å². The van der Waals surface area contributed by atoms with Crippen molar-refractivity contribution in [3.05, 3.63) is 35.9 Å². The fourth-order valence-electron chi connectivity index (χ4n) is 2.16. The average molecular weight is 467 g/mol. The van der Waals surface area contributed by atoms with Crippen LogP contribution in [-0.2, 0) is 35.2 Å². The SMILES string of the molecule is C[C@H](NC(=O)OCc1ccccc1)C(=O)N[C@@H](COC(=O)CNC(=O)OC(C)(C)C)C(=O)O. The fourth-order valence-corrected chi connectivity index (χ4v) is 2.16. The summed E-state index contributed by atoms with van der Waals surface area (Å²) in [6, 6.07) is 6.17. The van der Waals surface area contributed by atoms with Gasteiger partial charge in [0.1, 0.15) is 31.4 Å². The van der Waals surface area contributed by atoms with Crippen molar-refractivity contribution in [1.29, 1.82) is 0 Å². The van der Waals surface area contributed by atoms with Crippen molar-refractivity contribution in [2.75, 3.05) is 13.2 Å². The second-order valence-electron chi connectivity index (χ2n) is 7.87. The van der Waals surface area contributed by atoms with Gasteiger partial charge in [-0.2, -0.15) is 0 Å².